The smallest absolute Gasteiger partial charge is 0.321 e. The number of anilines is 2. The van der Waals surface area contributed by atoms with Crippen LogP contribution in [-0.4, -0.2) is 49.7 Å². The number of urea groups is 1. The van der Waals surface area contributed by atoms with E-state index in [0.717, 1.165) is 43.8 Å². The highest BCUT2D eigenvalue weighted by atomic mass is 16.5. The Hall–Kier alpha value is -2.08. The lowest BCUT2D eigenvalue weighted by Gasteiger charge is -2.21. The third-order valence-electron chi connectivity index (χ3n) is 4.35. The summed E-state index contributed by atoms with van der Waals surface area (Å²) in [6.07, 6.45) is 3.75. The maximum absolute atomic E-state index is 12.2. The molecule has 0 aliphatic carbocycles. The first-order valence-corrected chi connectivity index (χ1v) is 8.17. The highest BCUT2D eigenvalue weighted by Gasteiger charge is 2.22. The monoisotopic (exact) mass is 317 g/mol. The molecular weight excluding hydrogens is 294 g/mol. The van der Waals surface area contributed by atoms with E-state index in [1.54, 1.807) is 16.8 Å². The highest BCUT2D eigenvalue weighted by Crippen LogP contribution is 2.23. The van der Waals surface area contributed by atoms with Crippen LogP contribution in [0.2, 0.25) is 0 Å². The Bertz CT molecular complexity index is 567. The van der Waals surface area contributed by atoms with E-state index in [-0.39, 0.29) is 18.0 Å². The summed E-state index contributed by atoms with van der Waals surface area (Å²) in [6, 6.07) is 7.26. The lowest BCUT2D eigenvalue weighted by atomic mass is 10.2. The summed E-state index contributed by atoms with van der Waals surface area (Å²) < 4.78 is 5.55. The van der Waals surface area contributed by atoms with Crippen LogP contribution in [0.4, 0.5) is 16.2 Å². The quantitative estimate of drug-likeness (QED) is 0.928. The van der Waals surface area contributed by atoms with Crippen molar-refractivity contribution in [2.45, 2.75) is 31.8 Å². The molecule has 124 valence electrons. The molecule has 0 bridgehead atoms. The van der Waals surface area contributed by atoms with Crippen molar-refractivity contribution >= 4 is 23.3 Å². The summed E-state index contributed by atoms with van der Waals surface area (Å²) in [5.74, 6) is 0.165. The van der Waals surface area contributed by atoms with Gasteiger partial charge in [0.2, 0.25) is 5.91 Å². The molecule has 2 saturated heterocycles. The molecule has 2 heterocycles. The van der Waals surface area contributed by atoms with Crippen molar-refractivity contribution in [3.63, 3.8) is 0 Å². The zero-order valence-corrected chi connectivity index (χ0v) is 13.5. The summed E-state index contributed by atoms with van der Waals surface area (Å²) in [5, 5.41) is 2.87. The van der Waals surface area contributed by atoms with Crippen LogP contribution in [0.25, 0.3) is 0 Å². The van der Waals surface area contributed by atoms with E-state index in [0.29, 0.717) is 13.0 Å². The minimum Gasteiger partial charge on any atom is -0.376 e. The van der Waals surface area contributed by atoms with E-state index >= 15 is 0 Å². The maximum Gasteiger partial charge on any atom is 0.321 e. The third-order valence-corrected chi connectivity index (χ3v) is 4.35. The molecule has 1 N–H and O–H groups in total. The zero-order valence-electron chi connectivity index (χ0n) is 13.5. The fraction of sp³-hybridized carbons (Fsp3) is 0.529. The number of likely N-dealkylation sites (N-methyl/N-ethyl adjacent to an activating group) is 1. The van der Waals surface area contributed by atoms with Crippen molar-refractivity contribution in [3.05, 3.63) is 24.3 Å². The third kappa shape index (κ3) is 3.82. The number of amides is 3. The summed E-state index contributed by atoms with van der Waals surface area (Å²) in [5.41, 5.74) is 1.61. The van der Waals surface area contributed by atoms with E-state index in [1.807, 2.05) is 24.3 Å². The fourth-order valence-corrected chi connectivity index (χ4v) is 3.04. The van der Waals surface area contributed by atoms with E-state index < -0.39 is 0 Å². The lowest BCUT2D eigenvalue weighted by molar-refractivity contribution is -0.117. The molecule has 1 aromatic carbocycles. The van der Waals surface area contributed by atoms with Crippen molar-refractivity contribution in [2.24, 2.45) is 0 Å². The SMILES string of the molecule is CN(CC1CCCO1)C(=O)Nc1ccc(N2CCCC2=O)cc1. The van der Waals surface area contributed by atoms with Crippen LogP contribution >= 0.6 is 0 Å². The number of carbonyl (C=O) groups excluding carboxylic acids is 2. The van der Waals surface area contributed by atoms with Gasteiger partial charge in [0.15, 0.2) is 0 Å². The van der Waals surface area contributed by atoms with Crippen LogP contribution in [0.1, 0.15) is 25.7 Å². The van der Waals surface area contributed by atoms with E-state index in [9.17, 15) is 9.59 Å². The predicted molar refractivity (Wildman–Crippen MR) is 88.7 cm³/mol. The molecule has 1 atom stereocenters. The molecule has 2 aliphatic rings. The van der Waals surface area contributed by atoms with Crippen LogP contribution in [0.5, 0.6) is 0 Å². The largest absolute Gasteiger partial charge is 0.376 e. The molecule has 3 amide bonds. The summed E-state index contributed by atoms with van der Waals surface area (Å²) >= 11 is 0. The highest BCUT2D eigenvalue weighted by molar-refractivity contribution is 5.96. The number of hydrogen-bond acceptors (Lipinski definition) is 3. The Morgan fingerprint density at radius 3 is 2.74 bits per heavy atom. The van der Waals surface area contributed by atoms with Crippen molar-refractivity contribution < 1.29 is 14.3 Å². The topological polar surface area (TPSA) is 61.9 Å². The normalized spacial score (nSPS) is 20.8. The number of benzene rings is 1. The summed E-state index contributed by atoms with van der Waals surface area (Å²) in [6.45, 7) is 2.16. The average molecular weight is 317 g/mol. The second kappa shape index (κ2) is 7.00. The minimum absolute atomic E-state index is 0.148. The molecule has 2 fully saturated rings. The van der Waals surface area contributed by atoms with Gasteiger partial charge in [-0.1, -0.05) is 0 Å². The number of nitrogens with one attached hydrogen (secondary N) is 1. The minimum atomic E-state index is -0.148. The molecule has 6 heteroatoms. The van der Waals surface area contributed by atoms with Gasteiger partial charge in [0.05, 0.1) is 6.10 Å². The first kappa shape index (κ1) is 15.8. The van der Waals surface area contributed by atoms with Gasteiger partial charge in [0.1, 0.15) is 0 Å². The van der Waals surface area contributed by atoms with E-state index in [1.165, 1.54) is 0 Å². The van der Waals surface area contributed by atoms with Gasteiger partial charge in [0.25, 0.3) is 0 Å². The van der Waals surface area contributed by atoms with Gasteiger partial charge < -0.3 is 19.9 Å². The van der Waals surface area contributed by atoms with Crippen LogP contribution in [-0.2, 0) is 9.53 Å². The molecule has 0 aromatic heterocycles. The van der Waals surface area contributed by atoms with Gasteiger partial charge in [-0.2, -0.15) is 0 Å². The Balaban J connectivity index is 1.54. The summed E-state index contributed by atoms with van der Waals surface area (Å²) in [7, 11) is 1.77. The second-order valence-corrected chi connectivity index (χ2v) is 6.14. The number of carbonyl (C=O) groups is 2. The molecule has 0 saturated carbocycles. The van der Waals surface area contributed by atoms with Crippen molar-refractivity contribution in [1.82, 2.24) is 4.90 Å². The maximum atomic E-state index is 12.2. The van der Waals surface area contributed by atoms with Gasteiger partial charge in [0, 0.05) is 44.5 Å². The number of hydrogen-bond donors (Lipinski definition) is 1. The van der Waals surface area contributed by atoms with Gasteiger partial charge in [-0.3, -0.25) is 4.79 Å². The van der Waals surface area contributed by atoms with Crippen molar-refractivity contribution in [3.8, 4) is 0 Å². The van der Waals surface area contributed by atoms with E-state index in [4.69, 9.17) is 4.74 Å². The summed E-state index contributed by atoms with van der Waals surface area (Å²) in [4.78, 5) is 27.4. The number of nitrogens with zero attached hydrogens (tertiary/aromatic N) is 2. The lowest BCUT2D eigenvalue weighted by Crippen LogP contribution is -2.37. The van der Waals surface area contributed by atoms with Gasteiger partial charge in [-0.05, 0) is 43.5 Å². The first-order chi connectivity index (χ1) is 11.1. The zero-order chi connectivity index (χ0) is 16.2. The molecule has 1 aromatic rings. The Morgan fingerprint density at radius 1 is 1.35 bits per heavy atom. The Kier molecular flexibility index (Phi) is 4.81. The number of ether oxygens (including phenoxy) is 1. The molecule has 0 radical (unpaired) electrons. The van der Waals surface area contributed by atoms with Gasteiger partial charge in [-0.15, -0.1) is 0 Å². The molecule has 0 spiro atoms. The molecule has 6 nitrogen and oxygen atoms in total. The fourth-order valence-electron chi connectivity index (χ4n) is 3.04. The van der Waals surface area contributed by atoms with Crippen LogP contribution in [0.3, 0.4) is 0 Å². The predicted octanol–water partition coefficient (Wildman–Crippen LogP) is 2.46. The first-order valence-electron chi connectivity index (χ1n) is 8.17. The van der Waals surface area contributed by atoms with Crippen molar-refractivity contribution in [2.75, 3.05) is 37.0 Å². The van der Waals surface area contributed by atoms with E-state index in [2.05, 4.69) is 5.32 Å². The molecule has 1 unspecified atom stereocenters. The average Bonchev–Trinajstić information content (AvgIpc) is 3.19. The van der Waals surface area contributed by atoms with Crippen LogP contribution < -0.4 is 10.2 Å². The van der Waals surface area contributed by atoms with Crippen LogP contribution in [0, 0.1) is 0 Å². The number of rotatable bonds is 4. The Morgan fingerprint density at radius 2 is 2.13 bits per heavy atom. The second-order valence-electron chi connectivity index (χ2n) is 6.14. The Labute approximate surface area is 136 Å². The van der Waals surface area contributed by atoms with Gasteiger partial charge in [-0.25, -0.2) is 4.79 Å². The molecular formula is C17H23N3O3. The molecule has 2 aliphatic heterocycles. The van der Waals surface area contributed by atoms with Crippen molar-refractivity contribution in [1.29, 1.82) is 0 Å². The molecule has 23 heavy (non-hydrogen) atoms. The van der Waals surface area contributed by atoms with Gasteiger partial charge >= 0.3 is 6.03 Å². The molecule has 3 rings (SSSR count). The standard InChI is InChI=1S/C17H23N3O3/c1-19(12-15-4-3-11-23-15)17(22)18-13-6-8-14(9-7-13)20-10-2-5-16(20)21/h6-9,15H,2-5,10-12H2,1H3,(H,18,22). The van der Waals surface area contributed by atoms with Crippen LogP contribution in [0.15, 0.2) is 24.3 Å².